The molecule has 2 atom stereocenters. The van der Waals surface area contributed by atoms with Crippen LogP contribution < -0.4 is 0 Å². The van der Waals surface area contributed by atoms with Gasteiger partial charge in [-0.15, -0.1) is 0 Å². The molecule has 0 aliphatic heterocycles. The Morgan fingerprint density at radius 1 is 0.727 bits per heavy atom. The molecule has 0 aromatic carbocycles. The fourth-order valence-corrected chi connectivity index (χ4v) is 0.805. The van der Waals surface area contributed by atoms with E-state index in [-0.39, 0.29) is 113 Å². The molecule has 0 saturated carbocycles. The molecule has 0 aromatic heterocycles. The Morgan fingerprint density at radius 2 is 0.909 bits per heavy atom. The van der Waals surface area contributed by atoms with E-state index in [0.717, 1.165) is 11.8 Å². The third kappa shape index (κ3) is 13.8. The van der Waals surface area contributed by atoms with Crippen molar-refractivity contribution in [3.05, 3.63) is 0 Å². The van der Waals surface area contributed by atoms with Crippen molar-refractivity contribution in [1.82, 2.24) is 0 Å². The molecule has 0 aliphatic carbocycles. The van der Waals surface area contributed by atoms with Crippen LogP contribution in [0.5, 0.6) is 0 Å². The molecule has 0 aliphatic rings. The van der Waals surface area contributed by atoms with E-state index in [1.165, 1.54) is 12.8 Å². The molecular weight excluding hydrogens is 216 g/mol. The van der Waals surface area contributed by atoms with E-state index in [1.54, 1.807) is 0 Å². The average Bonchev–Trinajstić information content (AvgIpc) is 1.84. The molecule has 0 aromatic rings. The maximum absolute atomic E-state index is 2.33. The summed E-state index contributed by atoms with van der Waals surface area (Å²) in [7, 11) is 0. The minimum Gasteiger partial charge on any atom is -0.0651 e. The van der Waals surface area contributed by atoms with Gasteiger partial charge in [-0.25, -0.2) is 0 Å². The van der Waals surface area contributed by atoms with Crippen LogP contribution in [0, 0.1) is 125 Å². The van der Waals surface area contributed by atoms with Crippen molar-refractivity contribution >= 4 is 0 Å². The van der Waals surface area contributed by atoms with Gasteiger partial charge in [-0.3, -0.25) is 0 Å². The fourth-order valence-electron chi connectivity index (χ4n) is 0.805. The Morgan fingerprint density at radius 3 is 1.00 bits per heavy atom. The zero-order valence-corrected chi connectivity index (χ0v) is 9.75. The summed E-state index contributed by atoms with van der Waals surface area (Å²) in [4.78, 5) is 0. The molecule has 0 N–H and O–H groups in total. The van der Waals surface area contributed by atoms with Gasteiger partial charge in [0.15, 0.2) is 0 Å². The molecule has 0 bridgehead atoms. The van der Waals surface area contributed by atoms with Crippen molar-refractivity contribution < 1.29 is 113 Å². The third-order valence-corrected chi connectivity index (χ3v) is 2.26. The van der Waals surface area contributed by atoms with E-state index in [0.29, 0.717) is 0 Å². The third-order valence-electron chi connectivity index (χ3n) is 2.26. The van der Waals surface area contributed by atoms with Crippen molar-refractivity contribution in [3.63, 3.8) is 0 Å². The molecule has 0 nitrogen and oxygen atoms in total. The summed E-state index contributed by atoms with van der Waals surface area (Å²) in [5.74, 6) is 1.83. The van der Waals surface area contributed by atoms with Gasteiger partial charge in [0.25, 0.3) is 0 Å². The van der Waals surface area contributed by atoms with Gasteiger partial charge < -0.3 is 0 Å². The van der Waals surface area contributed by atoms with Crippen LogP contribution in [-0.2, 0) is 0 Å². The van der Waals surface area contributed by atoms with Crippen LogP contribution in [-0.4, -0.2) is 0 Å². The van der Waals surface area contributed by atoms with Crippen LogP contribution in [0.2, 0.25) is 0 Å². The molecule has 3 heteroatoms. The normalized spacial score (nSPS) is 13.1. The van der Waals surface area contributed by atoms with Gasteiger partial charge in [-0.05, 0) is 11.8 Å². The molecule has 0 amide bonds. The first-order chi connectivity index (χ1) is 3.72. The first-order valence-corrected chi connectivity index (χ1v) is 3.72. The van der Waals surface area contributed by atoms with Crippen molar-refractivity contribution in [2.45, 2.75) is 40.5 Å². The smallest absolute Gasteiger partial charge is 0 e. The maximum Gasteiger partial charge on any atom is 0 e. The van der Waals surface area contributed by atoms with Gasteiger partial charge >= 0.3 is 0 Å². The van der Waals surface area contributed by atoms with Crippen LogP contribution >= 0.6 is 0 Å². The molecule has 0 radical (unpaired) electrons. The summed E-state index contributed by atoms with van der Waals surface area (Å²) >= 11 is 0. The summed E-state index contributed by atoms with van der Waals surface area (Å²) < 4.78 is 0. The Hall–Kier alpha value is 3.78. The van der Waals surface area contributed by atoms with Crippen LogP contribution in [0.15, 0.2) is 0 Å². The van der Waals surface area contributed by atoms with Gasteiger partial charge in [0, 0.05) is 113 Å². The Bertz CT molecular complexity index is 49.3. The second-order valence-electron chi connectivity index (χ2n) is 2.77. The van der Waals surface area contributed by atoms with E-state index in [4.69, 9.17) is 0 Å². The number of hydrogen-bond acceptors (Lipinski definition) is 0. The monoisotopic (exact) mass is 234 g/mol. The molecule has 0 heterocycles. The molecule has 0 saturated heterocycles. The largest absolute Gasteiger partial charge is 0.0651 e. The topological polar surface area (TPSA) is 0 Å². The molecule has 74 valence electrons. The van der Waals surface area contributed by atoms with Gasteiger partial charge in [-0.2, -0.15) is 0 Å². The molecule has 2 unspecified atom stereocenters. The molecule has 0 fully saturated rings. The number of hydrogen-bond donors (Lipinski definition) is 0. The second kappa shape index (κ2) is 16.2. The van der Waals surface area contributed by atoms with Gasteiger partial charge in [-0.1, -0.05) is 40.5 Å². The van der Waals surface area contributed by atoms with Crippen LogP contribution in [0.3, 0.4) is 0 Å². The molecule has 0 spiro atoms. The molecule has 11 heavy (non-hydrogen) atoms. The fraction of sp³-hybridized carbons (Fsp3) is 1.00. The van der Waals surface area contributed by atoms with E-state index < -0.39 is 0 Å². The van der Waals surface area contributed by atoms with Crippen molar-refractivity contribution in [1.29, 1.82) is 0 Å². The Kier molecular flexibility index (Phi) is 35.6. The van der Waals surface area contributed by atoms with Crippen LogP contribution in [0.4, 0.5) is 0 Å². The van der Waals surface area contributed by atoms with Crippen molar-refractivity contribution in [3.8, 4) is 0 Å². The summed E-state index contributed by atoms with van der Waals surface area (Å²) in [6, 6.07) is 0. The van der Waals surface area contributed by atoms with Gasteiger partial charge in [0.2, 0.25) is 0 Å². The van der Waals surface area contributed by atoms with E-state index >= 15 is 0 Å². The first kappa shape index (κ1) is 24.2. The Balaban J connectivity index is -0.0000000817. The predicted molar refractivity (Wildman–Crippen MR) is 38.9 cm³/mol. The minimum atomic E-state index is 0. The van der Waals surface area contributed by atoms with Crippen molar-refractivity contribution in [2.24, 2.45) is 11.8 Å². The summed E-state index contributed by atoms with van der Waals surface area (Å²) in [6.45, 7) is 9.18. The molecular formula is C8H18Ar3. The summed E-state index contributed by atoms with van der Waals surface area (Å²) in [5.41, 5.74) is 0. The van der Waals surface area contributed by atoms with Crippen molar-refractivity contribution in [2.75, 3.05) is 0 Å². The quantitative estimate of drug-likeness (QED) is 0.703. The SMILES string of the molecule is CCC(C)C(C)CC.[Ar].[Ar].[Ar]. The van der Waals surface area contributed by atoms with Gasteiger partial charge in [0.1, 0.15) is 0 Å². The van der Waals surface area contributed by atoms with Gasteiger partial charge in [0.05, 0.1) is 0 Å². The molecule has 0 rings (SSSR count). The van der Waals surface area contributed by atoms with E-state index in [1.807, 2.05) is 0 Å². The average molecular weight is 234 g/mol. The van der Waals surface area contributed by atoms with Crippen LogP contribution in [0.25, 0.3) is 0 Å². The maximum atomic E-state index is 2.33. The zero-order chi connectivity index (χ0) is 6.57. The standard InChI is InChI=1S/C8H18.3Ar/c1-5-7(3)8(4)6-2;;;/h7-8H,5-6H2,1-4H3;;;. The summed E-state index contributed by atoms with van der Waals surface area (Å²) in [5, 5.41) is 0. The minimum absolute atomic E-state index is 0. The Labute approximate surface area is 162 Å². The zero-order valence-electron chi connectivity index (χ0n) is 7.63. The second-order valence-corrected chi connectivity index (χ2v) is 2.77. The van der Waals surface area contributed by atoms with Crippen LogP contribution in [0.1, 0.15) is 40.5 Å². The summed E-state index contributed by atoms with van der Waals surface area (Å²) in [6.07, 6.45) is 2.66. The first-order valence-electron chi connectivity index (χ1n) is 3.72. The predicted octanol–water partition coefficient (Wildman–Crippen LogP) is 3.08. The van der Waals surface area contributed by atoms with E-state index in [2.05, 4.69) is 27.7 Å². The van der Waals surface area contributed by atoms with E-state index in [9.17, 15) is 0 Å². The number of rotatable bonds is 3.